The van der Waals surface area contributed by atoms with Crippen LogP contribution >= 0.6 is 0 Å². The average Bonchev–Trinajstić information content (AvgIpc) is 3.15. The second-order valence-electron chi connectivity index (χ2n) is 4.64. The Morgan fingerprint density at radius 3 is 2.95 bits per heavy atom. The van der Waals surface area contributed by atoms with E-state index in [0.717, 1.165) is 17.1 Å². The first-order valence-corrected chi connectivity index (χ1v) is 6.52. The molecular weight excluding hydrogens is 264 g/mol. The first-order chi connectivity index (χ1) is 10.3. The second-order valence-corrected chi connectivity index (χ2v) is 4.64. The van der Waals surface area contributed by atoms with E-state index in [2.05, 4.69) is 21.5 Å². The average molecular weight is 278 g/mol. The lowest BCUT2D eigenvalue weighted by Gasteiger charge is -2.10. The van der Waals surface area contributed by atoms with Gasteiger partial charge in [0, 0.05) is 38.4 Å². The van der Waals surface area contributed by atoms with Gasteiger partial charge in [-0.1, -0.05) is 0 Å². The summed E-state index contributed by atoms with van der Waals surface area (Å²) < 4.78 is 3.53. The summed E-state index contributed by atoms with van der Waals surface area (Å²) in [6.45, 7) is 0.621. The number of anilines is 1. The molecule has 21 heavy (non-hydrogen) atoms. The molecule has 6 heteroatoms. The Balaban J connectivity index is 1.81. The molecule has 104 valence electrons. The number of hydrogen-bond acceptors (Lipinski definition) is 4. The first-order valence-electron chi connectivity index (χ1n) is 6.52. The van der Waals surface area contributed by atoms with E-state index >= 15 is 0 Å². The highest BCUT2D eigenvalue weighted by Gasteiger charge is 2.07. The molecule has 0 bridgehead atoms. The van der Waals surface area contributed by atoms with E-state index in [4.69, 9.17) is 5.26 Å². The van der Waals surface area contributed by atoms with Crippen LogP contribution in [0.3, 0.4) is 0 Å². The smallest absolute Gasteiger partial charge is 0.176 e. The zero-order chi connectivity index (χ0) is 14.7. The second kappa shape index (κ2) is 5.51. The molecular formula is C15H14N6. The van der Waals surface area contributed by atoms with Gasteiger partial charge in [0.05, 0.1) is 5.69 Å². The van der Waals surface area contributed by atoms with Gasteiger partial charge in [0.15, 0.2) is 5.82 Å². The fraction of sp³-hybridized carbons (Fsp3) is 0.133. The molecule has 3 heterocycles. The third-order valence-electron chi connectivity index (χ3n) is 3.17. The summed E-state index contributed by atoms with van der Waals surface area (Å²) in [6.07, 6.45) is 7.24. The van der Waals surface area contributed by atoms with Gasteiger partial charge in [0.2, 0.25) is 0 Å². The summed E-state index contributed by atoms with van der Waals surface area (Å²) in [5.74, 6) is 0.749. The van der Waals surface area contributed by atoms with Crippen molar-refractivity contribution in [3.05, 3.63) is 60.3 Å². The molecule has 0 aliphatic rings. The van der Waals surface area contributed by atoms with Crippen molar-refractivity contribution >= 4 is 5.69 Å². The molecule has 0 fully saturated rings. The van der Waals surface area contributed by atoms with Crippen LogP contribution in [0.2, 0.25) is 0 Å². The molecule has 0 aliphatic carbocycles. The van der Waals surface area contributed by atoms with Gasteiger partial charge in [-0.25, -0.2) is 9.67 Å². The molecule has 1 N–H and O–H groups in total. The summed E-state index contributed by atoms with van der Waals surface area (Å²) in [4.78, 5) is 4.35. The summed E-state index contributed by atoms with van der Waals surface area (Å²) in [5.41, 5.74) is 2.58. The molecule has 0 saturated heterocycles. The lowest BCUT2D eigenvalue weighted by Crippen LogP contribution is -2.06. The normalized spacial score (nSPS) is 10.3. The van der Waals surface area contributed by atoms with Gasteiger partial charge in [0.25, 0.3) is 0 Å². The first kappa shape index (κ1) is 12.9. The van der Waals surface area contributed by atoms with Crippen LogP contribution in [0.5, 0.6) is 0 Å². The third-order valence-corrected chi connectivity index (χ3v) is 3.17. The topological polar surface area (TPSA) is 71.5 Å². The Hall–Kier alpha value is -3.07. The summed E-state index contributed by atoms with van der Waals surface area (Å²) in [7, 11) is 1.86. The standard InChI is InChI=1S/C15H14N6/c1-20-11-12(8-13(20)9-16)10-18-14-4-2-5-17-15(14)21-7-3-6-19-21/h2-8,11,18H,10H2,1H3. The summed E-state index contributed by atoms with van der Waals surface area (Å²) in [5, 5.41) is 16.5. The summed E-state index contributed by atoms with van der Waals surface area (Å²) >= 11 is 0. The van der Waals surface area contributed by atoms with Crippen LogP contribution in [-0.2, 0) is 13.6 Å². The molecule has 3 rings (SSSR count). The Bertz CT molecular complexity index is 779. The van der Waals surface area contributed by atoms with Crippen LogP contribution in [-0.4, -0.2) is 19.3 Å². The molecule has 6 nitrogen and oxygen atoms in total. The van der Waals surface area contributed by atoms with E-state index in [1.54, 1.807) is 17.1 Å². The number of rotatable bonds is 4. The van der Waals surface area contributed by atoms with E-state index in [1.807, 2.05) is 48.3 Å². The molecule has 3 aromatic rings. The van der Waals surface area contributed by atoms with Crippen LogP contribution in [0, 0.1) is 11.3 Å². The van der Waals surface area contributed by atoms with E-state index in [1.165, 1.54) is 0 Å². The van der Waals surface area contributed by atoms with Crippen molar-refractivity contribution in [3.8, 4) is 11.9 Å². The van der Waals surface area contributed by atoms with Crippen molar-refractivity contribution in [2.24, 2.45) is 7.05 Å². The predicted molar refractivity (Wildman–Crippen MR) is 78.8 cm³/mol. The fourth-order valence-corrected chi connectivity index (χ4v) is 2.15. The Morgan fingerprint density at radius 2 is 2.24 bits per heavy atom. The monoisotopic (exact) mass is 278 g/mol. The molecule has 0 saturated carbocycles. The molecule has 0 radical (unpaired) electrons. The third kappa shape index (κ3) is 2.62. The maximum Gasteiger partial charge on any atom is 0.176 e. The highest BCUT2D eigenvalue weighted by atomic mass is 15.3. The highest BCUT2D eigenvalue weighted by molar-refractivity contribution is 5.56. The molecule has 0 aromatic carbocycles. The fourth-order valence-electron chi connectivity index (χ4n) is 2.15. The van der Waals surface area contributed by atoms with E-state index < -0.39 is 0 Å². The zero-order valence-electron chi connectivity index (χ0n) is 11.6. The molecule has 0 atom stereocenters. The maximum atomic E-state index is 8.97. The van der Waals surface area contributed by atoms with Crippen LogP contribution in [0.25, 0.3) is 5.82 Å². The van der Waals surface area contributed by atoms with Crippen LogP contribution in [0.15, 0.2) is 49.1 Å². The van der Waals surface area contributed by atoms with Crippen LogP contribution < -0.4 is 5.32 Å². The number of nitrogens with zero attached hydrogens (tertiary/aromatic N) is 5. The van der Waals surface area contributed by atoms with Crippen molar-refractivity contribution in [2.45, 2.75) is 6.54 Å². The van der Waals surface area contributed by atoms with Gasteiger partial charge in [-0.3, -0.25) is 0 Å². The summed E-state index contributed by atoms with van der Waals surface area (Å²) in [6, 6.07) is 9.72. The Morgan fingerprint density at radius 1 is 1.33 bits per heavy atom. The van der Waals surface area contributed by atoms with Gasteiger partial charge in [-0.2, -0.15) is 10.4 Å². The van der Waals surface area contributed by atoms with Crippen molar-refractivity contribution in [2.75, 3.05) is 5.32 Å². The van der Waals surface area contributed by atoms with E-state index in [9.17, 15) is 0 Å². The van der Waals surface area contributed by atoms with Crippen LogP contribution in [0.4, 0.5) is 5.69 Å². The Labute approximate surface area is 122 Å². The van der Waals surface area contributed by atoms with E-state index in [-0.39, 0.29) is 0 Å². The van der Waals surface area contributed by atoms with Gasteiger partial charge in [-0.15, -0.1) is 0 Å². The zero-order valence-corrected chi connectivity index (χ0v) is 11.6. The minimum atomic E-state index is 0.621. The van der Waals surface area contributed by atoms with Gasteiger partial charge in [0.1, 0.15) is 11.8 Å². The number of pyridine rings is 1. The quantitative estimate of drug-likeness (QED) is 0.793. The van der Waals surface area contributed by atoms with Crippen molar-refractivity contribution < 1.29 is 0 Å². The SMILES string of the molecule is Cn1cc(CNc2cccnc2-n2cccn2)cc1C#N. The van der Waals surface area contributed by atoms with Crippen molar-refractivity contribution in [1.29, 1.82) is 5.26 Å². The van der Waals surface area contributed by atoms with Crippen molar-refractivity contribution in [1.82, 2.24) is 19.3 Å². The maximum absolute atomic E-state index is 8.97. The minimum absolute atomic E-state index is 0.621. The largest absolute Gasteiger partial charge is 0.378 e. The molecule has 0 unspecified atom stereocenters. The minimum Gasteiger partial charge on any atom is -0.378 e. The lowest BCUT2D eigenvalue weighted by atomic mass is 10.3. The van der Waals surface area contributed by atoms with Gasteiger partial charge >= 0.3 is 0 Å². The predicted octanol–water partition coefficient (Wildman–Crippen LogP) is 2.09. The van der Waals surface area contributed by atoms with Crippen molar-refractivity contribution in [3.63, 3.8) is 0 Å². The van der Waals surface area contributed by atoms with Gasteiger partial charge in [-0.05, 0) is 29.8 Å². The lowest BCUT2D eigenvalue weighted by molar-refractivity contribution is 0.846. The highest BCUT2D eigenvalue weighted by Crippen LogP contribution is 2.17. The molecule has 3 aromatic heterocycles. The van der Waals surface area contributed by atoms with Crippen LogP contribution in [0.1, 0.15) is 11.3 Å². The number of nitrogens with one attached hydrogen (secondary N) is 1. The number of hydrogen-bond donors (Lipinski definition) is 1. The molecule has 0 spiro atoms. The van der Waals surface area contributed by atoms with E-state index in [0.29, 0.717) is 12.2 Å². The number of nitriles is 1. The molecule has 0 amide bonds. The molecule has 0 aliphatic heterocycles. The van der Waals surface area contributed by atoms with Gasteiger partial charge < -0.3 is 9.88 Å². The number of aromatic nitrogens is 4. The number of aryl methyl sites for hydroxylation is 1. The Kier molecular flexibility index (Phi) is 3.39.